The fraction of sp³-hybridized carbons (Fsp3) is 0.452. The summed E-state index contributed by atoms with van der Waals surface area (Å²) in [6.07, 6.45) is 4.08. The first-order valence-corrected chi connectivity index (χ1v) is 13.8. The predicted molar refractivity (Wildman–Crippen MR) is 149 cm³/mol. The van der Waals surface area contributed by atoms with E-state index in [0.29, 0.717) is 19.6 Å². The van der Waals surface area contributed by atoms with Gasteiger partial charge < -0.3 is 14.3 Å². The van der Waals surface area contributed by atoms with Crippen LogP contribution in [0.15, 0.2) is 47.0 Å². The average molecular weight is 529 g/mol. The van der Waals surface area contributed by atoms with Crippen LogP contribution in [0.2, 0.25) is 0 Å². The number of nitriles is 1. The van der Waals surface area contributed by atoms with Gasteiger partial charge in [0.15, 0.2) is 0 Å². The molecular formula is C31H36N4O4. The minimum absolute atomic E-state index is 0.346. The number of carbonyl (C=O) groups is 1. The van der Waals surface area contributed by atoms with Crippen molar-refractivity contribution in [2.45, 2.75) is 71.3 Å². The molecule has 1 saturated heterocycles. The summed E-state index contributed by atoms with van der Waals surface area (Å²) in [4.78, 5) is 27.3. The summed E-state index contributed by atoms with van der Waals surface area (Å²) in [5.41, 5.74) is 6.59. The lowest BCUT2D eigenvalue weighted by atomic mass is 9.97. The van der Waals surface area contributed by atoms with Gasteiger partial charge in [0.2, 0.25) is 0 Å². The Morgan fingerprint density at radius 2 is 1.85 bits per heavy atom. The maximum Gasteiger partial charge on any atom is 0.441 e. The number of rotatable bonds is 8. The van der Waals surface area contributed by atoms with Gasteiger partial charge in [-0.15, -0.1) is 0 Å². The number of anilines is 2. The first-order valence-electron chi connectivity index (χ1n) is 13.8. The maximum absolute atomic E-state index is 12.5. The number of likely N-dealkylation sites (tertiary alicyclic amines) is 1. The van der Waals surface area contributed by atoms with Gasteiger partial charge in [-0.25, -0.2) is 4.79 Å². The number of aromatic nitrogens is 1. The summed E-state index contributed by atoms with van der Waals surface area (Å²) in [5, 5.41) is 13.8. The molecule has 3 aromatic rings. The highest BCUT2D eigenvalue weighted by molar-refractivity contribution is 5.76. The van der Waals surface area contributed by atoms with Crippen LogP contribution in [0.1, 0.15) is 61.6 Å². The minimum Gasteiger partial charge on any atom is -0.361 e. The van der Waals surface area contributed by atoms with Crippen molar-refractivity contribution in [1.82, 2.24) is 10.1 Å². The Labute approximate surface area is 230 Å². The molecule has 2 aliphatic rings. The minimum atomic E-state index is -0.430. The zero-order valence-corrected chi connectivity index (χ0v) is 23.2. The van der Waals surface area contributed by atoms with Crippen molar-refractivity contribution in [2.24, 2.45) is 0 Å². The van der Waals surface area contributed by atoms with E-state index in [0.717, 1.165) is 77.2 Å². The molecule has 2 fully saturated rings. The van der Waals surface area contributed by atoms with Crippen molar-refractivity contribution >= 4 is 17.5 Å². The van der Waals surface area contributed by atoms with Crippen molar-refractivity contribution in [3.8, 4) is 17.2 Å². The molecule has 0 radical (unpaired) electrons. The third-order valence-corrected chi connectivity index (χ3v) is 7.86. The molecule has 8 heteroatoms. The Bertz CT molecular complexity index is 1340. The number of piperidine rings is 1. The van der Waals surface area contributed by atoms with Crippen LogP contribution < -0.4 is 4.90 Å². The molecule has 1 aromatic heterocycles. The summed E-state index contributed by atoms with van der Waals surface area (Å²) in [6, 6.07) is 17.0. The molecule has 1 saturated carbocycles. The average Bonchev–Trinajstić information content (AvgIpc) is 3.69. The first-order chi connectivity index (χ1) is 18.8. The molecule has 1 atom stereocenters. The van der Waals surface area contributed by atoms with E-state index in [4.69, 9.17) is 14.3 Å². The van der Waals surface area contributed by atoms with Crippen LogP contribution in [0.5, 0.6) is 0 Å². The van der Waals surface area contributed by atoms with Gasteiger partial charge in [-0.05, 0) is 94.7 Å². The fourth-order valence-electron chi connectivity index (χ4n) is 5.38. The molecule has 204 valence electrons. The summed E-state index contributed by atoms with van der Waals surface area (Å²) in [5.74, 6) is 0.769. The standard InChI is InChI=1S/C31H36N4O4/c1-21-8-9-25(29-23(3)33-37-24(29)4)18-28(21)35(27-12-10-26(11-13-27)31(20-32)14-15-31)19-22(2)38-39-30(36)34-16-6-5-7-17-34/h8-13,18,22H,5-7,14-17,19H2,1-4H3. The summed E-state index contributed by atoms with van der Waals surface area (Å²) < 4.78 is 5.43. The van der Waals surface area contributed by atoms with Gasteiger partial charge in [-0.2, -0.15) is 10.1 Å². The van der Waals surface area contributed by atoms with Crippen molar-refractivity contribution in [1.29, 1.82) is 5.26 Å². The van der Waals surface area contributed by atoms with E-state index in [2.05, 4.69) is 53.4 Å². The molecule has 2 heterocycles. The van der Waals surface area contributed by atoms with E-state index in [-0.39, 0.29) is 5.41 Å². The third kappa shape index (κ3) is 5.64. The van der Waals surface area contributed by atoms with Crippen LogP contribution in [0.4, 0.5) is 16.2 Å². The van der Waals surface area contributed by atoms with Crippen molar-refractivity contribution < 1.29 is 19.1 Å². The second-order valence-corrected chi connectivity index (χ2v) is 10.9. The Kier molecular flexibility index (Phi) is 7.62. The monoisotopic (exact) mass is 528 g/mol. The van der Waals surface area contributed by atoms with Crippen molar-refractivity contribution in [2.75, 3.05) is 24.5 Å². The van der Waals surface area contributed by atoms with E-state index in [1.165, 1.54) is 0 Å². The molecular weight excluding hydrogens is 492 g/mol. The van der Waals surface area contributed by atoms with Gasteiger partial charge in [0.1, 0.15) is 11.9 Å². The highest BCUT2D eigenvalue weighted by atomic mass is 17.2. The molecule has 2 aromatic carbocycles. The number of hydrogen-bond donors (Lipinski definition) is 0. The number of benzene rings is 2. The molecule has 5 rings (SSSR count). The van der Waals surface area contributed by atoms with Gasteiger partial charge in [-0.1, -0.05) is 29.4 Å². The quantitative estimate of drug-likeness (QED) is 0.232. The lowest BCUT2D eigenvalue weighted by Gasteiger charge is -2.30. The smallest absolute Gasteiger partial charge is 0.361 e. The van der Waals surface area contributed by atoms with Crippen molar-refractivity contribution in [3.63, 3.8) is 0 Å². The molecule has 1 amide bonds. The zero-order chi connectivity index (χ0) is 27.6. The molecule has 1 unspecified atom stereocenters. The van der Waals surface area contributed by atoms with Gasteiger partial charge in [0.05, 0.1) is 23.7 Å². The van der Waals surface area contributed by atoms with E-state index < -0.39 is 12.2 Å². The van der Waals surface area contributed by atoms with Gasteiger partial charge in [0.25, 0.3) is 0 Å². The second-order valence-electron chi connectivity index (χ2n) is 10.9. The number of aryl methyl sites for hydroxylation is 3. The molecule has 39 heavy (non-hydrogen) atoms. The third-order valence-electron chi connectivity index (χ3n) is 7.86. The lowest BCUT2D eigenvalue weighted by Crippen LogP contribution is -2.37. The highest BCUT2D eigenvalue weighted by Crippen LogP contribution is 2.48. The Morgan fingerprint density at radius 3 is 2.46 bits per heavy atom. The molecule has 0 spiro atoms. The Balaban J connectivity index is 1.42. The number of nitrogens with zero attached hydrogens (tertiary/aromatic N) is 4. The Morgan fingerprint density at radius 1 is 1.13 bits per heavy atom. The highest BCUT2D eigenvalue weighted by Gasteiger charge is 2.44. The molecule has 0 bridgehead atoms. The van der Waals surface area contributed by atoms with Crippen LogP contribution in [0.25, 0.3) is 11.1 Å². The first kappa shape index (κ1) is 26.8. The second kappa shape index (κ2) is 11.1. The summed E-state index contributed by atoms with van der Waals surface area (Å²) in [7, 11) is 0. The number of amides is 1. The van der Waals surface area contributed by atoms with Gasteiger partial charge in [0, 0.05) is 30.0 Å². The molecule has 0 N–H and O–H groups in total. The summed E-state index contributed by atoms with van der Waals surface area (Å²) in [6.45, 7) is 9.68. The van der Waals surface area contributed by atoms with Crippen molar-refractivity contribution in [3.05, 3.63) is 65.0 Å². The predicted octanol–water partition coefficient (Wildman–Crippen LogP) is 6.90. The van der Waals surface area contributed by atoms with Crippen LogP contribution in [0.3, 0.4) is 0 Å². The van der Waals surface area contributed by atoms with E-state index in [9.17, 15) is 10.1 Å². The molecule has 1 aliphatic heterocycles. The molecule has 1 aliphatic carbocycles. The zero-order valence-electron chi connectivity index (χ0n) is 23.2. The largest absolute Gasteiger partial charge is 0.441 e. The van der Waals surface area contributed by atoms with E-state index >= 15 is 0 Å². The van der Waals surface area contributed by atoms with Crippen LogP contribution in [-0.2, 0) is 15.2 Å². The Hall–Kier alpha value is -3.83. The maximum atomic E-state index is 12.5. The number of hydrogen-bond acceptors (Lipinski definition) is 7. The summed E-state index contributed by atoms with van der Waals surface area (Å²) >= 11 is 0. The van der Waals surface area contributed by atoms with Crippen LogP contribution in [-0.4, -0.2) is 41.9 Å². The van der Waals surface area contributed by atoms with Crippen LogP contribution >= 0.6 is 0 Å². The van der Waals surface area contributed by atoms with E-state index in [1.807, 2.05) is 32.9 Å². The molecule has 8 nitrogen and oxygen atoms in total. The van der Waals surface area contributed by atoms with Gasteiger partial charge >= 0.3 is 6.09 Å². The van der Waals surface area contributed by atoms with Crippen LogP contribution in [0, 0.1) is 32.1 Å². The normalized spacial score (nSPS) is 16.8. The topological polar surface area (TPSA) is 91.8 Å². The van der Waals surface area contributed by atoms with E-state index in [1.54, 1.807) is 4.90 Å². The fourth-order valence-corrected chi connectivity index (χ4v) is 5.38. The lowest BCUT2D eigenvalue weighted by molar-refractivity contribution is -0.272. The SMILES string of the molecule is Cc1ccc(-c2c(C)noc2C)cc1N(CC(C)OOC(=O)N1CCCCC1)c1ccc(C2(C#N)CC2)cc1. The van der Waals surface area contributed by atoms with Gasteiger partial charge in [-0.3, -0.25) is 4.89 Å². The number of carbonyl (C=O) groups excluding carboxylic acids is 1.